The maximum absolute atomic E-state index is 11.8. The second-order valence-electron chi connectivity index (χ2n) is 5.97. The zero-order valence-electron chi connectivity index (χ0n) is 12.6. The fourth-order valence-corrected chi connectivity index (χ4v) is 4.07. The molecule has 0 heterocycles. The number of carbonyl (C=O) groups is 1. The van der Waals surface area contributed by atoms with Crippen LogP contribution in [-0.2, 0) is 4.74 Å². The Kier molecular flexibility index (Phi) is 3.14. The number of benzene rings is 2. The van der Waals surface area contributed by atoms with E-state index in [4.69, 9.17) is 4.74 Å². The van der Waals surface area contributed by atoms with Crippen LogP contribution >= 0.6 is 0 Å². The number of hydrogen-bond donors (Lipinski definition) is 1. The topological polar surface area (TPSA) is 38.3 Å². The van der Waals surface area contributed by atoms with Crippen LogP contribution in [0.5, 0.6) is 0 Å². The van der Waals surface area contributed by atoms with Crippen LogP contribution in [0.15, 0.2) is 42.5 Å². The summed E-state index contributed by atoms with van der Waals surface area (Å²) in [4.78, 5) is 11.8. The lowest BCUT2D eigenvalue weighted by molar-refractivity contribution is 0.168. The maximum Gasteiger partial charge on any atom is 0.411 e. The van der Waals surface area contributed by atoms with Crippen molar-refractivity contribution in [3.05, 3.63) is 64.7 Å². The van der Waals surface area contributed by atoms with Crippen LogP contribution in [0.3, 0.4) is 0 Å². The SMILES string of the molecule is CCOC(=O)Nc1cccc2c1C1CCC2c2ccccc21. The number of carbonyl (C=O) groups excluding carboxylic acids is 1. The third-order valence-corrected chi connectivity index (χ3v) is 4.87. The number of rotatable bonds is 2. The Morgan fingerprint density at radius 2 is 1.73 bits per heavy atom. The number of amides is 1. The lowest BCUT2D eigenvalue weighted by Gasteiger charge is -2.41. The Bertz CT molecular complexity index is 738. The molecule has 0 radical (unpaired) electrons. The fourth-order valence-electron chi connectivity index (χ4n) is 4.07. The summed E-state index contributed by atoms with van der Waals surface area (Å²) in [5.41, 5.74) is 6.43. The van der Waals surface area contributed by atoms with Crippen molar-refractivity contribution in [2.45, 2.75) is 31.6 Å². The first-order chi connectivity index (χ1) is 10.8. The normalized spacial score (nSPS) is 21.0. The molecule has 1 amide bonds. The Hall–Kier alpha value is -2.29. The van der Waals surface area contributed by atoms with Gasteiger partial charge in [0.05, 0.1) is 6.61 Å². The van der Waals surface area contributed by atoms with E-state index < -0.39 is 0 Å². The summed E-state index contributed by atoms with van der Waals surface area (Å²) in [7, 11) is 0. The molecule has 22 heavy (non-hydrogen) atoms. The minimum Gasteiger partial charge on any atom is -0.450 e. The summed E-state index contributed by atoms with van der Waals surface area (Å²) in [5.74, 6) is 0.842. The highest BCUT2D eigenvalue weighted by atomic mass is 16.5. The van der Waals surface area contributed by atoms with Crippen molar-refractivity contribution in [2.75, 3.05) is 11.9 Å². The van der Waals surface area contributed by atoms with Crippen LogP contribution in [0.1, 0.15) is 53.9 Å². The van der Waals surface area contributed by atoms with Crippen LogP contribution in [0.4, 0.5) is 10.5 Å². The monoisotopic (exact) mass is 293 g/mol. The lowest BCUT2D eigenvalue weighted by Crippen LogP contribution is -2.26. The Labute approximate surface area is 130 Å². The summed E-state index contributed by atoms with van der Waals surface area (Å²) in [6.45, 7) is 2.20. The van der Waals surface area contributed by atoms with Gasteiger partial charge in [0.25, 0.3) is 0 Å². The van der Waals surface area contributed by atoms with E-state index in [1.807, 2.05) is 19.1 Å². The molecular formula is C19H19NO2. The largest absolute Gasteiger partial charge is 0.450 e. The van der Waals surface area contributed by atoms with Gasteiger partial charge in [-0.15, -0.1) is 0 Å². The van der Waals surface area contributed by atoms with E-state index >= 15 is 0 Å². The van der Waals surface area contributed by atoms with Gasteiger partial charge < -0.3 is 4.74 Å². The zero-order chi connectivity index (χ0) is 15.1. The summed E-state index contributed by atoms with van der Waals surface area (Å²) < 4.78 is 5.04. The van der Waals surface area contributed by atoms with Crippen LogP contribution in [0.25, 0.3) is 0 Å². The summed E-state index contributed by atoms with van der Waals surface area (Å²) >= 11 is 0. The average Bonchev–Trinajstić information content (AvgIpc) is 2.56. The van der Waals surface area contributed by atoms with Gasteiger partial charge in [0.2, 0.25) is 0 Å². The lowest BCUT2D eigenvalue weighted by atomic mass is 9.63. The van der Waals surface area contributed by atoms with Gasteiger partial charge in [-0.05, 0) is 48.1 Å². The van der Waals surface area contributed by atoms with E-state index in [9.17, 15) is 4.79 Å². The Morgan fingerprint density at radius 3 is 2.50 bits per heavy atom. The van der Waals surface area contributed by atoms with Crippen molar-refractivity contribution in [1.29, 1.82) is 0 Å². The highest BCUT2D eigenvalue weighted by molar-refractivity contribution is 5.87. The fraction of sp³-hybridized carbons (Fsp3) is 0.316. The molecule has 112 valence electrons. The molecule has 0 saturated heterocycles. The highest BCUT2D eigenvalue weighted by Gasteiger charge is 2.38. The summed E-state index contributed by atoms with van der Waals surface area (Å²) in [5, 5.41) is 2.93. The van der Waals surface area contributed by atoms with Gasteiger partial charge in [0, 0.05) is 17.5 Å². The molecule has 0 fully saturated rings. The molecule has 0 aliphatic heterocycles. The molecule has 2 unspecified atom stereocenters. The third-order valence-electron chi connectivity index (χ3n) is 4.87. The molecule has 3 nitrogen and oxygen atoms in total. The third kappa shape index (κ3) is 1.92. The molecule has 2 bridgehead atoms. The first-order valence-corrected chi connectivity index (χ1v) is 7.95. The van der Waals surface area contributed by atoms with Crippen LogP contribution < -0.4 is 5.32 Å². The molecule has 2 aromatic carbocycles. The van der Waals surface area contributed by atoms with E-state index in [2.05, 4.69) is 35.6 Å². The van der Waals surface area contributed by atoms with Crippen molar-refractivity contribution in [3.8, 4) is 0 Å². The molecule has 1 N–H and O–H groups in total. The first-order valence-electron chi connectivity index (χ1n) is 7.95. The Morgan fingerprint density at radius 1 is 1.05 bits per heavy atom. The van der Waals surface area contributed by atoms with Crippen LogP contribution in [-0.4, -0.2) is 12.7 Å². The molecule has 0 saturated carbocycles. The summed E-state index contributed by atoms with van der Waals surface area (Å²) in [6, 6.07) is 14.9. The minimum absolute atomic E-state index is 0.370. The highest BCUT2D eigenvalue weighted by Crippen LogP contribution is 2.54. The van der Waals surface area contributed by atoms with E-state index in [1.54, 1.807) is 0 Å². The summed E-state index contributed by atoms with van der Waals surface area (Å²) in [6.07, 6.45) is 1.97. The van der Waals surface area contributed by atoms with Crippen LogP contribution in [0.2, 0.25) is 0 Å². The minimum atomic E-state index is -0.370. The quantitative estimate of drug-likeness (QED) is 0.877. The molecule has 0 spiro atoms. The van der Waals surface area contributed by atoms with Gasteiger partial charge in [-0.1, -0.05) is 36.4 Å². The van der Waals surface area contributed by atoms with Crippen molar-refractivity contribution in [2.24, 2.45) is 0 Å². The molecule has 3 heteroatoms. The molecule has 5 rings (SSSR count). The smallest absolute Gasteiger partial charge is 0.411 e. The van der Waals surface area contributed by atoms with Gasteiger partial charge in [0.1, 0.15) is 0 Å². The van der Waals surface area contributed by atoms with E-state index in [-0.39, 0.29) is 6.09 Å². The molecule has 3 aliphatic rings. The van der Waals surface area contributed by atoms with E-state index in [1.165, 1.54) is 28.7 Å². The van der Waals surface area contributed by atoms with Crippen LogP contribution in [0, 0.1) is 0 Å². The number of ether oxygens (including phenoxy) is 1. The molecule has 3 aliphatic carbocycles. The Balaban J connectivity index is 1.80. The molecule has 0 aromatic heterocycles. The predicted molar refractivity (Wildman–Crippen MR) is 86.4 cm³/mol. The van der Waals surface area contributed by atoms with Crippen molar-refractivity contribution in [1.82, 2.24) is 0 Å². The predicted octanol–water partition coefficient (Wildman–Crippen LogP) is 4.63. The van der Waals surface area contributed by atoms with Crippen molar-refractivity contribution in [3.63, 3.8) is 0 Å². The van der Waals surface area contributed by atoms with Crippen molar-refractivity contribution < 1.29 is 9.53 Å². The van der Waals surface area contributed by atoms with Gasteiger partial charge >= 0.3 is 6.09 Å². The molecule has 2 aromatic rings. The number of nitrogens with one attached hydrogen (secondary N) is 1. The zero-order valence-corrected chi connectivity index (χ0v) is 12.6. The molecule has 2 atom stereocenters. The second-order valence-corrected chi connectivity index (χ2v) is 5.97. The van der Waals surface area contributed by atoms with Gasteiger partial charge in [-0.25, -0.2) is 4.79 Å². The van der Waals surface area contributed by atoms with Crippen molar-refractivity contribution >= 4 is 11.8 Å². The average molecular weight is 293 g/mol. The van der Waals surface area contributed by atoms with Gasteiger partial charge in [-0.3, -0.25) is 5.32 Å². The number of hydrogen-bond acceptors (Lipinski definition) is 2. The van der Waals surface area contributed by atoms with E-state index in [0.717, 1.165) is 12.1 Å². The molecular weight excluding hydrogens is 274 g/mol. The van der Waals surface area contributed by atoms with E-state index in [0.29, 0.717) is 18.4 Å². The second kappa shape index (κ2) is 5.16. The number of fused-ring (bicyclic) bond motifs is 1. The van der Waals surface area contributed by atoms with Gasteiger partial charge in [0.15, 0.2) is 0 Å². The van der Waals surface area contributed by atoms with Gasteiger partial charge in [-0.2, -0.15) is 0 Å². The number of anilines is 1. The first kappa shape index (κ1) is 13.4. The standard InChI is InChI=1S/C19H19NO2/c1-2-22-19(21)20-17-9-5-8-15-14-10-11-16(18(15)17)13-7-4-3-6-12(13)14/h3-9,14,16H,2,10-11H2,1H3,(H,20,21). The maximum atomic E-state index is 11.8.